The molecule has 1 rings (SSSR count). The molecule has 5 N–H and O–H groups in total. The van der Waals surface area contributed by atoms with Crippen LogP contribution in [-0.2, 0) is 28.9 Å². The Morgan fingerprint density at radius 2 is 1.83 bits per heavy atom. The summed E-state index contributed by atoms with van der Waals surface area (Å²) in [5.74, 6) is 3.00. The standard InChI is InChI=1S/C20H33N3O5S/c1-7-10-20(18(25)23-22,29(6,26)27)16-9-8-13(2)11-14(16)15(12-21)17(24)28-19(3,4)5/h8-9,11,15H,7,10,12,21-22H2,1-6H3,(H,23,25)/t15-,20+/m0/s1. The van der Waals surface area contributed by atoms with Gasteiger partial charge < -0.3 is 10.5 Å². The van der Waals surface area contributed by atoms with Gasteiger partial charge in [0.05, 0.1) is 5.92 Å². The van der Waals surface area contributed by atoms with Crippen LogP contribution in [0.4, 0.5) is 0 Å². The predicted octanol–water partition coefficient (Wildman–Crippen LogP) is 1.41. The van der Waals surface area contributed by atoms with Crippen molar-refractivity contribution in [3.8, 4) is 0 Å². The minimum absolute atomic E-state index is 0.00344. The summed E-state index contributed by atoms with van der Waals surface area (Å²) in [5, 5.41) is 0. The number of rotatable bonds is 8. The zero-order chi connectivity index (χ0) is 22.6. The SMILES string of the molecule is CCC[C@](C(=O)NN)(c1ccc(C)cc1[C@H](CN)C(=O)OC(C)(C)C)S(C)(=O)=O. The first-order valence-electron chi connectivity index (χ1n) is 9.49. The lowest BCUT2D eigenvalue weighted by Crippen LogP contribution is -2.52. The van der Waals surface area contributed by atoms with E-state index in [4.69, 9.17) is 16.3 Å². The van der Waals surface area contributed by atoms with E-state index in [2.05, 4.69) is 0 Å². The van der Waals surface area contributed by atoms with E-state index in [1.54, 1.807) is 52.8 Å². The summed E-state index contributed by atoms with van der Waals surface area (Å²) in [6.07, 6.45) is 1.39. The second-order valence-corrected chi connectivity index (χ2v) is 10.5. The first-order chi connectivity index (χ1) is 13.2. The Bertz CT molecular complexity index is 861. The smallest absolute Gasteiger partial charge is 0.315 e. The van der Waals surface area contributed by atoms with Crippen molar-refractivity contribution in [2.24, 2.45) is 11.6 Å². The summed E-state index contributed by atoms with van der Waals surface area (Å²) in [4.78, 5) is 25.7. The number of sulfone groups is 1. The van der Waals surface area contributed by atoms with Crippen LogP contribution in [-0.4, -0.2) is 38.7 Å². The van der Waals surface area contributed by atoms with Gasteiger partial charge in [0.25, 0.3) is 5.91 Å². The van der Waals surface area contributed by atoms with E-state index in [-0.39, 0.29) is 18.5 Å². The average molecular weight is 428 g/mol. The van der Waals surface area contributed by atoms with E-state index in [0.717, 1.165) is 11.8 Å². The molecule has 0 radical (unpaired) electrons. The van der Waals surface area contributed by atoms with E-state index >= 15 is 0 Å². The van der Waals surface area contributed by atoms with Gasteiger partial charge in [-0.1, -0.05) is 37.1 Å². The maximum Gasteiger partial charge on any atom is 0.315 e. The fourth-order valence-electron chi connectivity index (χ4n) is 3.45. The zero-order valence-corrected chi connectivity index (χ0v) is 18.9. The van der Waals surface area contributed by atoms with Crippen molar-refractivity contribution < 1.29 is 22.7 Å². The molecule has 164 valence electrons. The van der Waals surface area contributed by atoms with E-state index in [9.17, 15) is 18.0 Å². The Morgan fingerprint density at radius 3 is 2.24 bits per heavy atom. The number of carbonyl (C=O) groups is 2. The maximum absolute atomic E-state index is 12.9. The fourth-order valence-corrected chi connectivity index (χ4v) is 5.01. The van der Waals surface area contributed by atoms with Crippen LogP contribution in [0.25, 0.3) is 0 Å². The zero-order valence-electron chi connectivity index (χ0n) is 18.0. The van der Waals surface area contributed by atoms with Crippen LogP contribution < -0.4 is 17.0 Å². The van der Waals surface area contributed by atoms with Crippen molar-refractivity contribution in [1.82, 2.24) is 5.43 Å². The van der Waals surface area contributed by atoms with Crippen LogP contribution in [0.15, 0.2) is 18.2 Å². The molecule has 0 spiro atoms. The summed E-state index contributed by atoms with van der Waals surface area (Å²) in [6.45, 7) is 8.66. The number of nitrogens with two attached hydrogens (primary N) is 2. The van der Waals surface area contributed by atoms with E-state index in [0.29, 0.717) is 12.0 Å². The molecule has 0 aliphatic heterocycles. The van der Waals surface area contributed by atoms with Gasteiger partial charge in [-0.3, -0.25) is 15.0 Å². The van der Waals surface area contributed by atoms with E-state index in [1.165, 1.54) is 0 Å². The lowest BCUT2D eigenvalue weighted by Gasteiger charge is -2.34. The molecule has 29 heavy (non-hydrogen) atoms. The molecule has 0 fully saturated rings. The first kappa shape index (κ1) is 25.1. The Morgan fingerprint density at radius 1 is 1.24 bits per heavy atom. The molecule has 0 saturated carbocycles. The molecule has 0 heterocycles. The average Bonchev–Trinajstić information content (AvgIpc) is 2.57. The van der Waals surface area contributed by atoms with Crippen molar-refractivity contribution >= 4 is 21.7 Å². The van der Waals surface area contributed by atoms with Gasteiger partial charge in [-0.25, -0.2) is 14.3 Å². The molecular formula is C20H33N3O5S. The highest BCUT2D eigenvalue weighted by Crippen LogP contribution is 2.40. The van der Waals surface area contributed by atoms with Gasteiger partial charge in [0, 0.05) is 12.8 Å². The van der Waals surface area contributed by atoms with Gasteiger partial charge in [0.15, 0.2) is 14.6 Å². The molecule has 0 saturated heterocycles. The minimum atomic E-state index is -3.98. The number of benzene rings is 1. The molecule has 1 aromatic rings. The van der Waals surface area contributed by atoms with E-state index < -0.39 is 38.0 Å². The summed E-state index contributed by atoms with van der Waals surface area (Å²) in [5.41, 5.74) is 8.48. The number of amides is 1. The number of hydrazine groups is 1. The topological polar surface area (TPSA) is 142 Å². The van der Waals surface area contributed by atoms with Crippen LogP contribution in [0.2, 0.25) is 0 Å². The third-order valence-electron chi connectivity index (χ3n) is 4.68. The van der Waals surface area contributed by atoms with Gasteiger partial charge in [0.2, 0.25) is 0 Å². The molecular weight excluding hydrogens is 394 g/mol. The molecule has 8 nitrogen and oxygen atoms in total. The van der Waals surface area contributed by atoms with Gasteiger partial charge in [-0.15, -0.1) is 0 Å². The molecule has 2 atom stereocenters. The number of ether oxygens (including phenoxy) is 1. The lowest BCUT2D eigenvalue weighted by atomic mass is 9.83. The summed E-state index contributed by atoms with van der Waals surface area (Å²) < 4.78 is 29.4. The number of carbonyl (C=O) groups excluding carboxylic acids is 2. The Balaban J connectivity index is 3.87. The van der Waals surface area contributed by atoms with Crippen LogP contribution in [0.5, 0.6) is 0 Å². The third-order valence-corrected chi connectivity index (χ3v) is 6.55. The van der Waals surface area contributed by atoms with Crippen molar-refractivity contribution in [1.29, 1.82) is 0 Å². The van der Waals surface area contributed by atoms with Crippen LogP contribution >= 0.6 is 0 Å². The predicted molar refractivity (Wildman–Crippen MR) is 113 cm³/mol. The van der Waals surface area contributed by atoms with Crippen molar-refractivity contribution in [2.75, 3.05) is 12.8 Å². The van der Waals surface area contributed by atoms with Crippen molar-refractivity contribution in [2.45, 2.75) is 63.7 Å². The Hall–Kier alpha value is -1.97. The van der Waals surface area contributed by atoms with Gasteiger partial charge in [0.1, 0.15) is 5.60 Å². The third kappa shape index (κ3) is 5.34. The summed E-state index contributed by atoms with van der Waals surface area (Å²) in [6, 6.07) is 4.93. The van der Waals surface area contributed by atoms with Gasteiger partial charge in [-0.2, -0.15) is 0 Å². The monoisotopic (exact) mass is 427 g/mol. The second-order valence-electron chi connectivity index (χ2n) is 8.24. The highest BCUT2D eigenvalue weighted by molar-refractivity contribution is 7.92. The molecule has 0 aliphatic rings. The number of aryl methyl sites for hydroxylation is 1. The van der Waals surface area contributed by atoms with Crippen molar-refractivity contribution in [3.05, 3.63) is 34.9 Å². The minimum Gasteiger partial charge on any atom is -0.459 e. The lowest BCUT2D eigenvalue weighted by molar-refractivity contribution is -0.156. The van der Waals surface area contributed by atoms with Crippen LogP contribution in [0.1, 0.15) is 63.1 Å². The normalized spacial score (nSPS) is 15.3. The second kappa shape index (κ2) is 9.23. The van der Waals surface area contributed by atoms with Crippen LogP contribution in [0, 0.1) is 6.92 Å². The molecule has 1 amide bonds. The van der Waals surface area contributed by atoms with E-state index in [1.807, 2.05) is 5.43 Å². The highest BCUT2D eigenvalue weighted by atomic mass is 32.2. The summed E-state index contributed by atoms with van der Waals surface area (Å²) >= 11 is 0. The van der Waals surface area contributed by atoms with Gasteiger partial charge in [-0.05, 0) is 45.2 Å². The quantitative estimate of drug-likeness (QED) is 0.246. The summed E-state index contributed by atoms with van der Waals surface area (Å²) in [7, 11) is -3.98. The molecule has 0 aliphatic carbocycles. The molecule has 0 unspecified atom stereocenters. The largest absolute Gasteiger partial charge is 0.459 e. The maximum atomic E-state index is 12.9. The Kier molecular flexibility index (Phi) is 7.98. The van der Waals surface area contributed by atoms with Crippen LogP contribution in [0.3, 0.4) is 0 Å². The van der Waals surface area contributed by atoms with Crippen molar-refractivity contribution in [3.63, 3.8) is 0 Å². The molecule has 0 bridgehead atoms. The first-order valence-corrected chi connectivity index (χ1v) is 11.4. The number of esters is 1. The highest BCUT2D eigenvalue weighted by Gasteiger charge is 2.51. The molecule has 0 aromatic heterocycles. The van der Waals surface area contributed by atoms with Gasteiger partial charge >= 0.3 is 5.97 Å². The molecule has 1 aromatic carbocycles. The Labute approximate surface area is 173 Å². The fraction of sp³-hybridized carbons (Fsp3) is 0.600. The number of hydrogen-bond acceptors (Lipinski definition) is 7. The molecule has 9 heteroatoms. The number of hydrogen-bond donors (Lipinski definition) is 3. The number of nitrogens with one attached hydrogen (secondary N) is 1.